The van der Waals surface area contributed by atoms with Gasteiger partial charge < -0.3 is 10.1 Å². The molecule has 0 radical (unpaired) electrons. The van der Waals surface area contributed by atoms with Gasteiger partial charge in [0.1, 0.15) is 6.61 Å². The highest BCUT2D eigenvalue weighted by Gasteiger charge is 2.23. The molecule has 5 nitrogen and oxygen atoms in total. The first-order chi connectivity index (χ1) is 11.2. The fourth-order valence-electron chi connectivity index (χ4n) is 2.60. The monoisotopic (exact) mass is 307 g/mol. The van der Waals surface area contributed by atoms with Crippen LogP contribution >= 0.6 is 0 Å². The average Bonchev–Trinajstić information content (AvgIpc) is 3.01. The van der Waals surface area contributed by atoms with Crippen LogP contribution in [0.5, 0.6) is 0 Å². The molecule has 1 unspecified atom stereocenters. The number of nitrogens with one attached hydrogen (secondary N) is 1. The van der Waals surface area contributed by atoms with E-state index in [9.17, 15) is 4.79 Å². The molecule has 5 heteroatoms. The Labute approximate surface area is 135 Å². The van der Waals surface area contributed by atoms with Crippen LogP contribution in [0.2, 0.25) is 0 Å². The highest BCUT2D eigenvalue weighted by atomic mass is 16.6. The van der Waals surface area contributed by atoms with E-state index in [1.807, 2.05) is 49.4 Å². The lowest BCUT2D eigenvalue weighted by Gasteiger charge is -2.19. The Morgan fingerprint density at radius 2 is 2.09 bits per heavy atom. The summed E-state index contributed by atoms with van der Waals surface area (Å²) in [5, 5.41) is 12.3. The zero-order valence-corrected chi connectivity index (χ0v) is 12.8. The van der Waals surface area contributed by atoms with Crippen molar-refractivity contribution in [1.82, 2.24) is 0 Å². The summed E-state index contributed by atoms with van der Waals surface area (Å²) in [6.07, 6.45) is -0.301. The molecule has 2 aromatic carbocycles. The fraction of sp³-hybridized carbons (Fsp3) is 0.222. The Morgan fingerprint density at radius 3 is 2.83 bits per heavy atom. The molecule has 0 aromatic heterocycles. The number of carbonyl (C=O) groups excluding carboxylic acids is 1. The van der Waals surface area contributed by atoms with E-state index >= 15 is 0 Å². The lowest BCUT2D eigenvalue weighted by Crippen LogP contribution is -2.23. The Morgan fingerprint density at radius 1 is 1.26 bits per heavy atom. The minimum atomic E-state index is -0.301. The maximum Gasteiger partial charge on any atom is 0.414 e. The number of nitriles is 1. The smallest absolute Gasteiger partial charge is 0.414 e. The van der Waals surface area contributed by atoms with E-state index < -0.39 is 0 Å². The molecule has 1 heterocycles. The van der Waals surface area contributed by atoms with Gasteiger partial charge in [0, 0.05) is 17.4 Å². The van der Waals surface area contributed by atoms with Gasteiger partial charge in [-0.2, -0.15) is 5.26 Å². The van der Waals surface area contributed by atoms with Crippen molar-refractivity contribution in [3.63, 3.8) is 0 Å². The van der Waals surface area contributed by atoms with Gasteiger partial charge in [0.25, 0.3) is 0 Å². The molecule has 0 bridgehead atoms. The third kappa shape index (κ3) is 3.27. The average molecular weight is 307 g/mol. The molecule has 0 saturated carbocycles. The van der Waals surface area contributed by atoms with Crippen LogP contribution in [0.1, 0.15) is 24.1 Å². The van der Waals surface area contributed by atoms with Crippen molar-refractivity contribution in [1.29, 1.82) is 5.26 Å². The zero-order chi connectivity index (χ0) is 16.2. The Hall–Kier alpha value is -3.00. The van der Waals surface area contributed by atoms with E-state index in [4.69, 9.17) is 10.00 Å². The Kier molecular flexibility index (Phi) is 4.15. The molecule has 23 heavy (non-hydrogen) atoms. The number of nitrogens with zero attached hydrogens (tertiary/aromatic N) is 2. The minimum absolute atomic E-state index is 0.0440. The molecular weight excluding hydrogens is 290 g/mol. The molecule has 1 N–H and O–H groups in total. The highest BCUT2D eigenvalue weighted by molar-refractivity contribution is 5.89. The van der Waals surface area contributed by atoms with E-state index in [2.05, 4.69) is 11.4 Å². The largest absolute Gasteiger partial charge is 0.447 e. The number of anilines is 2. The lowest BCUT2D eigenvalue weighted by atomic mass is 10.1. The van der Waals surface area contributed by atoms with Gasteiger partial charge in [-0.3, -0.25) is 4.90 Å². The van der Waals surface area contributed by atoms with Crippen LogP contribution in [0.4, 0.5) is 16.2 Å². The van der Waals surface area contributed by atoms with Crippen LogP contribution in [-0.2, 0) is 4.74 Å². The van der Waals surface area contributed by atoms with E-state index in [-0.39, 0.29) is 12.1 Å². The topological polar surface area (TPSA) is 65.4 Å². The maximum atomic E-state index is 11.7. The van der Waals surface area contributed by atoms with E-state index in [0.717, 1.165) is 16.9 Å². The molecule has 0 spiro atoms. The zero-order valence-electron chi connectivity index (χ0n) is 12.8. The van der Waals surface area contributed by atoms with Crippen molar-refractivity contribution in [2.75, 3.05) is 23.4 Å². The number of benzene rings is 2. The third-order valence-electron chi connectivity index (χ3n) is 3.82. The van der Waals surface area contributed by atoms with Gasteiger partial charge in [0.05, 0.1) is 18.2 Å². The number of ether oxygens (including phenoxy) is 1. The van der Waals surface area contributed by atoms with Crippen LogP contribution < -0.4 is 10.2 Å². The second-order valence-corrected chi connectivity index (χ2v) is 5.42. The molecule has 1 saturated heterocycles. The van der Waals surface area contributed by atoms with Gasteiger partial charge in [-0.1, -0.05) is 18.2 Å². The normalized spacial score (nSPS) is 15.0. The standard InChI is InChI=1S/C18H17N3O2/c1-13(20-16-6-2-4-14(10-16)12-19)15-5-3-7-17(11-15)21-8-9-23-18(21)22/h2-7,10-11,13,20H,8-9H2,1H3. The van der Waals surface area contributed by atoms with Gasteiger partial charge in [-0.15, -0.1) is 0 Å². The quantitative estimate of drug-likeness (QED) is 0.935. The van der Waals surface area contributed by atoms with Gasteiger partial charge in [0.2, 0.25) is 0 Å². The first-order valence-electron chi connectivity index (χ1n) is 7.48. The van der Waals surface area contributed by atoms with Crippen LogP contribution in [0.3, 0.4) is 0 Å². The van der Waals surface area contributed by atoms with Crippen LogP contribution in [-0.4, -0.2) is 19.2 Å². The molecule has 116 valence electrons. The molecule has 1 atom stereocenters. The first kappa shape index (κ1) is 14.9. The van der Waals surface area contributed by atoms with Crippen molar-refractivity contribution < 1.29 is 9.53 Å². The van der Waals surface area contributed by atoms with Crippen molar-refractivity contribution in [2.45, 2.75) is 13.0 Å². The highest BCUT2D eigenvalue weighted by Crippen LogP contribution is 2.25. The lowest BCUT2D eigenvalue weighted by molar-refractivity contribution is 0.181. The summed E-state index contributed by atoms with van der Waals surface area (Å²) in [5.74, 6) is 0. The number of amides is 1. The molecule has 1 aliphatic rings. The summed E-state index contributed by atoms with van der Waals surface area (Å²) in [7, 11) is 0. The molecule has 2 aromatic rings. The maximum absolute atomic E-state index is 11.7. The number of hydrogen-bond donors (Lipinski definition) is 1. The predicted molar refractivity (Wildman–Crippen MR) is 88.3 cm³/mol. The van der Waals surface area contributed by atoms with Crippen molar-refractivity contribution in [3.8, 4) is 6.07 Å². The third-order valence-corrected chi connectivity index (χ3v) is 3.82. The van der Waals surface area contributed by atoms with Crippen molar-refractivity contribution >= 4 is 17.5 Å². The summed E-state index contributed by atoms with van der Waals surface area (Å²) in [5.41, 5.74) is 3.41. The van der Waals surface area contributed by atoms with Gasteiger partial charge in [-0.05, 0) is 42.8 Å². The Bertz CT molecular complexity index is 767. The summed E-state index contributed by atoms with van der Waals surface area (Å²) < 4.78 is 4.98. The van der Waals surface area contributed by atoms with Gasteiger partial charge in [-0.25, -0.2) is 4.79 Å². The van der Waals surface area contributed by atoms with Crippen molar-refractivity contribution in [2.24, 2.45) is 0 Å². The number of rotatable bonds is 4. The second kappa shape index (κ2) is 6.41. The van der Waals surface area contributed by atoms with E-state index in [0.29, 0.717) is 18.7 Å². The summed E-state index contributed by atoms with van der Waals surface area (Å²) in [4.78, 5) is 13.3. The van der Waals surface area contributed by atoms with Crippen LogP contribution in [0, 0.1) is 11.3 Å². The van der Waals surface area contributed by atoms with Crippen LogP contribution in [0.15, 0.2) is 48.5 Å². The summed E-state index contributed by atoms with van der Waals surface area (Å²) in [6, 6.07) is 17.4. The molecule has 0 aliphatic carbocycles. The van der Waals surface area contributed by atoms with Gasteiger partial charge in [0.15, 0.2) is 0 Å². The molecule has 1 amide bonds. The molecule has 1 fully saturated rings. The number of hydrogen-bond acceptors (Lipinski definition) is 4. The first-order valence-corrected chi connectivity index (χ1v) is 7.48. The fourth-order valence-corrected chi connectivity index (χ4v) is 2.60. The minimum Gasteiger partial charge on any atom is -0.447 e. The molecule has 3 rings (SSSR count). The molecule has 1 aliphatic heterocycles. The summed E-state index contributed by atoms with van der Waals surface area (Å²) >= 11 is 0. The number of cyclic esters (lactones) is 1. The Balaban J connectivity index is 1.78. The van der Waals surface area contributed by atoms with Crippen molar-refractivity contribution in [3.05, 3.63) is 59.7 Å². The van der Waals surface area contributed by atoms with E-state index in [1.54, 1.807) is 11.0 Å². The van der Waals surface area contributed by atoms with Crippen LogP contribution in [0.25, 0.3) is 0 Å². The summed E-state index contributed by atoms with van der Waals surface area (Å²) in [6.45, 7) is 3.05. The second-order valence-electron chi connectivity index (χ2n) is 5.42. The van der Waals surface area contributed by atoms with Gasteiger partial charge >= 0.3 is 6.09 Å². The number of carbonyl (C=O) groups is 1. The predicted octanol–water partition coefficient (Wildman–Crippen LogP) is 3.69. The van der Waals surface area contributed by atoms with E-state index in [1.165, 1.54) is 0 Å². The molecular formula is C18H17N3O2. The SMILES string of the molecule is CC(Nc1cccc(C#N)c1)c1cccc(N2CCOC2=O)c1.